The molecule has 3 amide bonds. The number of hydrogen-bond donors (Lipinski definition) is 1. The van der Waals surface area contributed by atoms with Gasteiger partial charge in [-0.25, -0.2) is 14.0 Å². The molecular formula is C25H25FN2O4. The van der Waals surface area contributed by atoms with E-state index in [0.717, 1.165) is 16.0 Å². The highest BCUT2D eigenvalue weighted by Gasteiger charge is 2.51. The first-order valence-electron chi connectivity index (χ1n) is 10.6. The van der Waals surface area contributed by atoms with Crippen LogP contribution < -0.4 is 10.9 Å². The molecule has 0 saturated carbocycles. The van der Waals surface area contributed by atoms with Crippen molar-refractivity contribution in [3.63, 3.8) is 0 Å². The smallest absolute Gasteiger partial charge is 0.336 e. The molecule has 0 radical (unpaired) electrons. The second-order valence-corrected chi connectivity index (χ2v) is 8.54. The predicted octanol–water partition coefficient (Wildman–Crippen LogP) is 4.72. The number of halogens is 1. The monoisotopic (exact) mass is 436 g/mol. The molecular weight excluding hydrogens is 411 g/mol. The Morgan fingerprint density at radius 1 is 1.09 bits per heavy atom. The van der Waals surface area contributed by atoms with Gasteiger partial charge in [0.25, 0.3) is 5.91 Å². The van der Waals surface area contributed by atoms with Crippen molar-refractivity contribution >= 4 is 22.9 Å². The molecule has 1 N–H and O–H groups in total. The van der Waals surface area contributed by atoms with E-state index >= 15 is 0 Å². The number of imide groups is 1. The quantitative estimate of drug-likeness (QED) is 0.464. The Kier molecular flexibility index (Phi) is 5.36. The topological polar surface area (TPSA) is 79.6 Å². The summed E-state index contributed by atoms with van der Waals surface area (Å²) in [6, 6.07) is 10.1. The third-order valence-corrected chi connectivity index (χ3v) is 6.21. The first kappa shape index (κ1) is 21.7. The molecule has 0 unspecified atom stereocenters. The second kappa shape index (κ2) is 7.89. The van der Waals surface area contributed by atoms with Crippen LogP contribution in [0.15, 0.2) is 51.7 Å². The molecule has 1 saturated heterocycles. The van der Waals surface area contributed by atoms with E-state index in [1.807, 2.05) is 19.1 Å². The molecule has 1 aromatic heterocycles. The van der Waals surface area contributed by atoms with Crippen LogP contribution in [0, 0.1) is 12.7 Å². The molecule has 0 spiro atoms. The van der Waals surface area contributed by atoms with Crippen molar-refractivity contribution in [2.75, 3.05) is 0 Å². The van der Waals surface area contributed by atoms with E-state index < -0.39 is 28.9 Å². The molecule has 1 aliphatic rings. The minimum absolute atomic E-state index is 0.0731. The van der Waals surface area contributed by atoms with Crippen molar-refractivity contribution in [2.45, 2.75) is 52.1 Å². The Bertz CT molecular complexity index is 1280. The zero-order valence-electron chi connectivity index (χ0n) is 18.5. The number of amides is 3. The standard InChI is InChI=1S/C25H25FN2O4/c1-5-25(17-6-8-18(26)9-7-17)23(30)28(24(31)27-25)13-16-11-22(29)32-21-10-15(4)19(14(2)3)12-20(16)21/h6-12,14H,5,13H2,1-4H3,(H,27,31)/t25-/m0/s1. The molecule has 3 aromatic rings. The number of nitrogens with one attached hydrogen (secondary N) is 1. The lowest BCUT2D eigenvalue weighted by molar-refractivity contribution is -0.132. The number of carbonyl (C=O) groups is 2. The Morgan fingerprint density at radius 2 is 1.78 bits per heavy atom. The van der Waals surface area contributed by atoms with Crippen LogP contribution in [0.1, 0.15) is 55.4 Å². The summed E-state index contributed by atoms with van der Waals surface area (Å²) < 4.78 is 18.8. The molecule has 0 aliphatic carbocycles. The average Bonchev–Trinajstić information content (AvgIpc) is 2.98. The van der Waals surface area contributed by atoms with Gasteiger partial charge in [-0.05, 0) is 65.8 Å². The first-order valence-corrected chi connectivity index (χ1v) is 10.6. The van der Waals surface area contributed by atoms with Crippen LogP contribution in [0.4, 0.5) is 9.18 Å². The number of fused-ring (bicyclic) bond motifs is 1. The molecule has 4 rings (SSSR count). The SMILES string of the molecule is CC[C@@]1(c2ccc(F)cc2)NC(=O)N(Cc2cc(=O)oc3cc(C)c(C(C)C)cc23)C1=O. The van der Waals surface area contributed by atoms with Gasteiger partial charge in [-0.3, -0.25) is 9.69 Å². The molecule has 6 nitrogen and oxygen atoms in total. The zero-order valence-corrected chi connectivity index (χ0v) is 18.5. The van der Waals surface area contributed by atoms with Gasteiger partial charge in [-0.2, -0.15) is 0 Å². The number of carbonyl (C=O) groups excluding carboxylic acids is 2. The fourth-order valence-corrected chi connectivity index (χ4v) is 4.46. The van der Waals surface area contributed by atoms with Crippen molar-refractivity contribution in [3.05, 3.63) is 81.0 Å². The molecule has 32 heavy (non-hydrogen) atoms. The van der Waals surface area contributed by atoms with Crippen molar-refractivity contribution in [1.29, 1.82) is 0 Å². The summed E-state index contributed by atoms with van der Waals surface area (Å²) in [7, 11) is 0. The summed E-state index contributed by atoms with van der Waals surface area (Å²) in [5.74, 6) is -0.608. The summed E-state index contributed by atoms with van der Waals surface area (Å²) in [6.07, 6.45) is 0.300. The van der Waals surface area contributed by atoms with Crippen LogP contribution in [0.25, 0.3) is 11.0 Å². The lowest BCUT2D eigenvalue weighted by Gasteiger charge is -2.26. The zero-order chi connectivity index (χ0) is 23.2. The Balaban J connectivity index is 1.78. The predicted molar refractivity (Wildman–Crippen MR) is 119 cm³/mol. The molecule has 2 heterocycles. The molecule has 1 atom stereocenters. The van der Waals surface area contributed by atoms with Gasteiger partial charge in [0.2, 0.25) is 0 Å². The lowest BCUT2D eigenvalue weighted by atomic mass is 9.87. The fraction of sp³-hybridized carbons (Fsp3) is 0.320. The van der Waals surface area contributed by atoms with Crippen LogP contribution in [-0.2, 0) is 16.9 Å². The fourth-order valence-electron chi connectivity index (χ4n) is 4.46. The molecule has 2 aromatic carbocycles. The van der Waals surface area contributed by atoms with Gasteiger partial charge in [0, 0.05) is 11.5 Å². The first-order chi connectivity index (χ1) is 15.2. The Labute approximate surface area is 185 Å². The van der Waals surface area contributed by atoms with E-state index in [1.54, 1.807) is 6.92 Å². The molecule has 1 fully saturated rings. The van der Waals surface area contributed by atoms with Crippen molar-refractivity contribution < 1.29 is 18.4 Å². The summed E-state index contributed by atoms with van der Waals surface area (Å²) >= 11 is 0. The van der Waals surface area contributed by atoms with Crippen molar-refractivity contribution in [3.8, 4) is 0 Å². The average molecular weight is 436 g/mol. The minimum Gasteiger partial charge on any atom is -0.423 e. The Hall–Kier alpha value is -3.48. The van der Waals surface area contributed by atoms with Crippen molar-refractivity contribution in [2.24, 2.45) is 0 Å². The summed E-state index contributed by atoms with van der Waals surface area (Å²) in [5.41, 5.74) is 1.74. The normalized spacial score (nSPS) is 18.6. The molecule has 166 valence electrons. The third kappa shape index (κ3) is 3.47. The maximum atomic E-state index is 13.5. The number of nitrogens with zero attached hydrogens (tertiary/aromatic N) is 1. The van der Waals surface area contributed by atoms with Gasteiger partial charge in [-0.1, -0.05) is 32.9 Å². The third-order valence-electron chi connectivity index (χ3n) is 6.21. The van der Waals surface area contributed by atoms with Crippen LogP contribution >= 0.6 is 0 Å². The number of rotatable bonds is 5. The highest BCUT2D eigenvalue weighted by molar-refractivity contribution is 6.07. The summed E-state index contributed by atoms with van der Waals surface area (Å²) in [4.78, 5) is 39.6. The summed E-state index contributed by atoms with van der Waals surface area (Å²) in [5, 5.41) is 3.48. The molecule has 1 aliphatic heterocycles. The number of urea groups is 1. The maximum Gasteiger partial charge on any atom is 0.336 e. The van der Waals surface area contributed by atoms with Crippen LogP contribution in [0.2, 0.25) is 0 Å². The van der Waals surface area contributed by atoms with Gasteiger partial charge in [0.15, 0.2) is 0 Å². The number of aryl methyl sites for hydroxylation is 1. The number of hydrogen-bond acceptors (Lipinski definition) is 4. The van der Waals surface area contributed by atoms with Crippen LogP contribution in [-0.4, -0.2) is 16.8 Å². The van der Waals surface area contributed by atoms with Gasteiger partial charge in [0.1, 0.15) is 16.9 Å². The van der Waals surface area contributed by atoms with E-state index in [4.69, 9.17) is 4.42 Å². The largest absolute Gasteiger partial charge is 0.423 e. The minimum atomic E-state index is -1.28. The van der Waals surface area contributed by atoms with Crippen molar-refractivity contribution in [1.82, 2.24) is 10.2 Å². The Morgan fingerprint density at radius 3 is 2.41 bits per heavy atom. The highest BCUT2D eigenvalue weighted by atomic mass is 19.1. The highest BCUT2D eigenvalue weighted by Crippen LogP contribution is 2.34. The van der Waals surface area contributed by atoms with E-state index in [-0.39, 0.29) is 12.5 Å². The van der Waals surface area contributed by atoms with Crippen LogP contribution in [0.5, 0.6) is 0 Å². The maximum absolute atomic E-state index is 13.5. The lowest BCUT2D eigenvalue weighted by Crippen LogP contribution is -2.43. The van der Waals surface area contributed by atoms with E-state index in [1.165, 1.54) is 30.3 Å². The molecule has 7 heteroatoms. The van der Waals surface area contributed by atoms with E-state index in [2.05, 4.69) is 19.2 Å². The van der Waals surface area contributed by atoms with Gasteiger partial charge in [-0.15, -0.1) is 0 Å². The summed E-state index contributed by atoms with van der Waals surface area (Å²) in [6.45, 7) is 7.81. The van der Waals surface area contributed by atoms with E-state index in [0.29, 0.717) is 28.5 Å². The second-order valence-electron chi connectivity index (χ2n) is 8.54. The van der Waals surface area contributed by atoms with Crippen LogP contribution in [0.3, 0.4) is 0 Å². The number of benzene rings is 2. The molecule has 0 bridgehead atoms. The van der Waals surface area contributed by atoms with Gasteiger partial charge < -0.3 is 9.73 Å². The van der Waals surface area contributed by atoms with E-state index in [9.17, 15) is 18.8 Å². The van der Waals surface area contributed by atoms with Gasteiger partial charge in [0.05, 0.1) is 6.54 Å². The van der Waals surface area contributed by atoms with Gasteiger partial charge >= 0.3 is 11.7 Å².